The topological polar surface area (TPSA) is 3.24 Å². The number of likely N-dealkylation sites (tertiary alicyclic amines) is 1. The maximum absolute atomic E-state index is 14.0. The molecule has 2 heteroatoms. The third-order valence-corrected chi connectivity index (χ3v) is 3.11. The third kappa shape index (κ3) is 2.67. The highest BCUT2D eigenvalue weighted by Gasteiger charge is 2.37. The average molecular weight is 187 g/mol. The smallest absolute Gasteiger partial charge is 0.123 e. The third-order valence-electron chi connectivity index (χ3n) is 3.11. The van der Waals surface area contributed by atoms with Crippen molar-refractivity contribution in [1.82, 2.24) is 4.90 Å². The van der Waals surface area contributed by atoms with Gasteiger partial charge in [0.05, 0.1) is 0 Å². The van der Waals surface area contributed by atoms with Crippen LogP contribution in [0.15, 0.2) is 0 Å². The zero-order chi connectivity index (χ0) is 10.1. The summed E-state index contributed by atoms with van der Waals surface area (Å²) in [4.78, 5) is 2.26. The first kappa shape index (κ1) is 11.0. The normalized spacial score (nSPS) is 32.1. The number of halogens is 1. The van der Waals surface area contributed by atoms with Gasteiger partial charge >= 0.3 is 0 Å². The molecule has 0 aromatic rings. The van der Waals surface area contributed by atoms with Gasteiger partial charge in [-0.1, -0.05) is 6.92 Å². The van der Waals surface area contributed by atoms with Gasteiger partial charge < -0.3 is 0 Å². The molecule has 1 aliphatic rings. The van der Waals surface area contributed by atoms with Crippen molar-refractivity contribution in [2.24, 2.45) is 0 Å². The van der Waals surface area contributed by atoms with Crippen LogP contribution in [0.3, 0.4) is 0 Å². The van der Waals surface area contributed by atoms with Gasteiger partial charge in [0.15, 0.2) is 0 Å². The lowest BCUT2D eigenvalue weighted by atomic mass is 9.89. The molecule has 1 fully saturated rings. The number of rotatable bonds is 1. The summed E-state index contributed by atoms with van der Waals surface area (Å²) in [6.45, 7) is 10.1. The van der Waals surface area contributed by atoms with Crippen LogP contribution in [0.1, 0.15) is 47.0 Å². The van der Waals surface area contributed by atoms with E-state index in [0.717, 1.165) is 19.4 Å². The van der Waals surface area contributed by atoms with Crippen LogP contribution >= 0.6 is 0 Å². The number of hydrogen-bond acceptors (Lipinski definition) is 1. The minimum absolute atomic E-state index is 0.118. The van der Waals surface area contributed by atoms with Gasteiger partial charge in [0, 0.05) is 12.1 Å². The molecule has 0 spiro atoms. The highest BCUT2D eigenvalue weighted by Crippen LogP contribution is 2.31. The molecule has 0 bridgehead atoms. The molecule has 0 saturated carbocycles. The predicted molar refractivity (Wildman–Crippen MR) is 54.7 cm³/mol. The Morgan fingerprint density at radius 1 is 1.38 bits per heavy atom. The summed E-state index contributed by atoms with van der Waals surface area (Å²) in [6.07, 6.45) is 2.40. The van der Waals surface area contributed by atoms with Crippen molar-refractivity contribution in [3.63, 3.8) is 0 Å². The van der Waals surface area contributed by atoms with Crippen molar-refractivity contribution in [2.75, 3.05) is 13.1 Å². The largest absolute Gasteiger partial charge is 0.295 e. The highest BCUT2D eigenvalue weighted by atomic mass is 19.1. The summed E-state index contributed by atoms with van der Waals surface area (Å²) < 4.78 is 14.0. The van der Waals surface area contributed by atoms with Crippen LogP contribution in [0.5, 0.6) is 0 Å². The van der Waals surface area contributed by atoms with Crippen molar-refractivity contribution in [1.29, 1.82) is 0 Å². The Morgan fingerprint density at radius 2 is 2.00 bits per heavy atom. The van der Waals surface area contributed by atoms with E-state index in [2.05, 4.69) is 25.7 Å². The monoisotopic (exact) mass is 187 g/mol. The second kappa shape index (κ2) is 3.56. The Bertz CT molecular complexity index is 173. The van der Waals surface area contributed by atoms with Crippen LogP contribution in [0.2, 0.25) is 0 Å². The second-order valence-corrected chi connectivity index (χ2v) is 5.20. The first-order valence-electron chi connectivity index (χ1n) is 5.31. The summed E-state index contributed by atoms with van der Waals surface area (Å²) >= 11 is 0. The summed E-state index contributed by atoms with van der Waals surface area (Å²) in [5.41, 5.74) is -0.807. The molecule has 0 amide bonds. The second-order valence-electron chi connectivity index (χ2n) is 5.20. The maximum atomic E-state index is 14.0. The van der Waals surface area contributed by atoms with Crippen LogP contribution < -0.4 is 0 Å². The van der Waals surface area contributed by atoms with Gasteiger partial charge in [0.2, 0.25) is 0 Å². The molecular formula is C11H22FN. The molecule has 1 nitrogen and oxygen atoms in total. The first-order valence-corrected chi connectivity index (χ1v) is 5.31. The van der Waals surface area contributed by atoms with Crippen molar-refractivity contribution in [3.05, 3.63) is 0 Å². The van der Waals surface area contributed by atoms with Gasteiger partial charge in [0.25, 0.3) is 0 Å². The van der Waals surface area contributed by atoms with E-state index in [1.165, 1.54) is 0 Å². The van der Waals surface area contributed by atoms with E-state index in [1.54, 1.807) is 0 Å². The maximum Gasteiger partial charge on any atom is 0.123 e. The molecule has 0 radical (unpaired) electrons. The van der Waals surface area contributed by atoms with E-state index in [4.69, 9.17) is 0 Å². The molecule has 0 N–H and O–H groups in total. The van der Waals surface area contributed by atoms with E-state index in [9.17, 15) is 4.39 Å². The van der Waals surface area contributed by atoms with E-state index >= 15 is 0 Å². The van der Waals surface area contributed by atoms with E-state index in [-0.39, 0.29) is 5.54 Å². The lowest BCUT2D eigenvalue weighted by molar-refractivity contribution is -0.00232. The SMILES string of the molecule is CCC1(F)CCCN(C(C)(C)C)C1. The standard InChI is InChI=1S/C11H22FN/c1-5-11(12)7-6-8-13(9-11)10(2,3)4/h5-9H2,1-4H3. The molecular weight excluding hydrogens is 165 g/mol. The lowest BCUT2D eigenvalue weighted by Gasteiger charge is -2.44. The molecule has 1 aliphatic heterocycles. The van der Waals surface area contributed by atoms with E-state index in [1.807, 2.05) is 6.92 Å². The molecule has 1 saturated heterocycles. The minimum atomic E-state index is -0.925. The van der Waals surface area contributed by atoms with Gasteiger partial charge in [0.1, 0.15) is 5.67 Å². The zero-order valence-electron chi connectivity index (χ0n) is 9.36. The molecule has 1 rings (SSSR count). The van der Waals surface area contributed by atoms with Gasteiger partial charge in [-0.05, 0) is 46.6 Å². The summed E-state index contributed by atoms with van der Waals surface area (Å²) in [5.74, 6) is 0. The molecule has 78 valence electrons. The van der Waals surface area contributed by atoms with Gasteiger partial charge in [-0.15, -0.1) is 0 Å². The van der Waals surface area contributed by atoms with Crippen molar-refractivity contribution < 1.29 is 4.39 Å². The Morgan fingerprint density at radius 3 is 2.46 bits per heavy atom. The van der Waals surface area contributed by atoms with Gasteiger partial charge in [-0.3, -0.25) is 4.90 Å². The zero-order valence-corrected chi connectivity index (χ0v) is 9.36. The average Bonchev–Trinajstić information content (AvgIpc) is 2.03. The highest BCUT2D eigenvalue weighted by molar-refractivity contribution is 4.91. The van der Waals surface area contributed by atoms with Crippen LogP contribution in [-0.4, -0.2) is 29.2 Å². The van der Waals surface area contributed by atoms with Crippen molar-refractivity contribution in [3.8, 4) is 0 Å². The molecule has 1 atom stereocenters. The lowest BCUT2D eigenvalue weighted by Crippen LogP contribution is -2.52. The van der Waals surface area contributed by atoms with Gasteiger partial charge in [-0.25, -0.2) is 4.39 Å². The summed E-state index contributed by atoms with van der Waals surface area (Å²) in [7, 11) is 0. The number of nitrogens with zero attached hydrogens (tertiary/aromatic N) is 1. The molecule has 0 aromatic heterocycles. The van der Waals surface area contributed by atoms with E-state index < -0.39 is 5.67 Å². The van der Waals surface area contributed by atoms with Crippen molar-refractivity contribution >= 4 is 0 Å². The summed E-state index contributed by atoms with van der Waals surface area (Å²) in [5, 5.41) is 0. The number of piperidine rings is 1. The Hall–Kier alpha value is -0.110. The fourth-order valence-corrected chi connectivity index (χ4v) is 1.95. The number of alkyl halides is 1. The Balaban J connectivity index is 2.62. The fourth-order valence-electron chi connectivity index (χ4n) is 1.95. The minimum Gasteiger partial charge on any atom is -0.295 e. The van der Waals surface area contributed by atoms with Crippen molar-refractivity contribution in [2.45, 2.75) is 58.2 Å². The van der Waals surface area contributed by atoms with Gasteiger partial charge in [-0.2, -0.15) is 0 Å². The Kier molecular flexibility index (Phi) is 3.01. The Labute approximate surface area is 81.3 Å². The number of hydrogen-bond donors (Lipinski definition) is 0. The fraction of sp³-hybridized carbons (Fsp3) is 1.00. The quantitative estimate of drug-likeness (QED) is 0.610. The van der Waals surface area contributed by atoms with E-state index in [0.29, 0.717) is 13.0 Å². The van der Waals surface area contributed by atoms with Crippen LogP contribution in [0.25, 0.3) is 0 Å². The first-order chi connectivity index (χ1) is 5.87. The molecule has 1 unspecified atom stereocenters. The molecule has 0 aliphatic carbocycles. The predicted octanol–water partition coefficient (Wildman–Crippen LogP) is 3.00. The molecule has 1 heterocycles. The van der Waals surface area contributed by atoms with Crippen LogP contribution in [-0.2, 0) is 0 Å². The summed E-state index contributed by atoms with van der Waals surface area (Å²) in [6, 6.07) is 0. The van der Waals surface area contributed by atoms with Crippen LogP contribution in [0.4, 0.5) is 4.39 Å². The molecule has 13 heavy (non-hydrogen) atoms. The van der Waals surface area contributed by atoms with Crippen LogP contribution in [0, 0.1) is 0 Å². The molecule has 0 aromatic carbocycles.